The summed E-state index contributed by atoms with van der Waals surface area (Å²) in [6, 6.07) is 3.19. The van der Waals surface area contributed by atoms with Crippen LogP contribution in [0.1, 0.15) is 23.3 Å². The van der Waals surface area contributed by atoms with Crippen molar-refractivity contribution in [2.24, 2.45) is 0 Å². The van der Waals surface area contributed by atoms with Gasteiger partial charge in [-0.15, -0.1) is 0 Å². The van der Waals surface area contributed by atoms with E-state index in [2.05, 4.69) is 10.3 Å². The van der Waals surface area contributed by atoms with Gasteiger partial charge in [0.05, 0.1) is 24.0 Å². The second-order valence-electron chi connectivity index (χ2n) is 4.48. The van der Waals surface area contributed by atoms with E-state index in [4.69, 9.17) is 10.5 Å². The molecule has 0 bridgehead atoms. The quantitative estimate of drug-likeness (QED) is 0.699. The molecule has 1 aromatic rings. The molecule has 1 fully saturated rings. The number of carbonyl (C=O) groups excluding carboxylic acids is 1. The lowest BCUT2D eigenvalue weighted by molar-refractivity contribution is 0.0124. The number of nitrogen functional groups attached to an aromatic ring is 1. The second-order valence-corrected chi connectivity index (χ2v) is 4.48. The number of pyridine rings is 1. The summed E-state index contributed by atoms with van der Waals surface area (Å²) < 4.78 is 5.24. The molecule has 0 unspecified atom stereocenters. The Balaban J connectivity index is 2.07. The number of nitrogens with two attached hydrogens (primary N) is 1. The number of anilines is 1. The zero-order valence-corrected chi connectivity index (χ0v) is 10.1. The highest BCUT2D eigenvalue weighted by Gasteiger charge is 2.33. The van der Waals surface area contributed by atoms with Gasteiger partial charge in [0.2, 0.25) is 0 Å². The van der Waals surface area contributed by atoms with Gasteiger partial charge in [-0.05, 0) is 25.0 Å². The summed E-state index contributed by atoms with van der Waals surface area (Å²) in [6.07, 6.45) is 2.64. The Morgan fingerprint density at radius 1 is 1.50 bits per heavy atom. The van der Waals surface area contributed by atoms with Gasteiger partial charge in [0.15, 0.2) is 0 Å². The van der Waals surface area contributed by atoms with Gasteiger partial charge in [-0.25, -0.2) is 4.98 Å². The summed E-state index contributed by atoms with van der Waals surface area (Å²) in [5.74, 6) is -0.300. The standard InChI is InChI=1S/C12H17N3O3/c13-9-1-2-10(14-7-9)11(17)15-12(8-16)3-5-18-6-4-12/h1-2,7,16H,3-6,8,13H2,(H,15,17). The van der Waals surface area contributed by atoms with E-state index < -0.39 is 5.54 Å². The first kappa shape index (κ1) is 12.8. The number of ether oxygens (including phenoxy) is 1. The van der Waals surface area contributed by atoms with Crippen LogP contribution in [0.4, 0.5) is 5.69 Å². The molecule has 1 saturated heterocycles. The predicted octanol–water partition coefficient (Wildman–Crippen LogP) is -0.0649. The van der Waals surface area contributed by atoms with Crippen LogP contribution in [0.3, 0.4) is 0 Å². The van der Waals surface area contributed by atoms with E-state index in [0.717, 1.165) is 0 Å². The Morgan fingerprint density at radius 3 is 2.78 bits per heavy atom. The maximum Gasteiger partial charge on any atom is 0.270 e. The van der Waals surface area contributed by atoms with Crippen molar-refractivity contribution < 1.29 is 14.6 Å². The highest BCUT2D eigenvalue weighted by atomic mass is 16.5. The number of nitrogens with one attached hydrogen (secondary N) is 1. The molecule has 6 heteroatoms. The molecule has 0 spiro atoms. The van der Waals surface area contributed by atoms with Crippen LogP contribution >= 0.6 is 0 Å². The Morgan fingerprint density at radius 2 is 2.22 bits per heavy atom. The van der Waals surface area contributed by atoms with Crippen LogP contribution < -0.4 is 11.1 Å². The average Bonchev–Trinajstić information content (AvgIpc) is 2.40. The molecule has 2 rings (SSSR count). The average molecular weight is 251 g/mol. The molecule has 0 atom stereocenters. The molecule has 0 aliphatic carbocycles. The van der Waals surface area contributed by atoms with Gasteiger partial charge >= 0.3 is 0 Å². The van der Waals surface area contributed by atoms with Gasteiger partial charge < -0.3 is 20.9 Å². The van der Waals surface area contributed by atoms with Gasteiger partial charge in [0, 0.05) is 13.2 Å². The fourth-order valence-corrected chi connectivity index (χ4v) is 1.93. The lowest BCUT2D eigenvalue weighted by Crippen LogP contribution is -2.54. The summed E-state index contributed by atoms with van der Waals surface area (Å²) in [4.78, 5) is 16.0. The van der Waals surface area contributed by atoms with Gasteiger partial charge in [0.25, 0.3) is 5.91 Å². The van der Waals surface area contributed by atoms with E-state index in [-0.39, 0.29) is 12.5 Å². The van der Waals surface area contributed by atoms with Gasteiger partial charge in [-0.2, -0.15) is 0 Å². The molecule has 0 saturated carbocycles. The third-order valence-corrected chi connectivity index (χ3v) is 3.15. The van der Waals surface area contributed by atoms with E-state index in [1.165, 1.54) is 6.20 Å². The minimum Gasteiger partial charge on any atom is -0.397 e. The van der Waals surface area contributed by atoms with Crippen LogP contribution in [-0.4, -0.2) is 41.4 Å². The van der Waals surface area contributed by atoms with Crippen LogP contribution in [0.5, 0.6) is 0 Å². The Labute approximate surface area is 105 Å². The molecule has 1 amide bonds. The largest absolute Gasteiger partial charge is 0.397 e. The SMILES string of the molecule is Nc1ccc(C(=O)NC2(CO)CCOCC2)nc1. The van der Waals surface area contributed by atoms with E-state index in [9.17, 15) is 9.90 Å². The second kappa shape index (κ2) is 5.32. The highest BCUT2D eigenvalue weighted by molar-refractivity contribution is 5.93. The van der Waals surface area contributed by atoms with Crippen molar-refractivity contribution in [3.63, 3.8) is 0 Å². The van der Waals surface area contributed by atoms with E-state index in [1.807, 2.05) is 0 Å². The summed E-state index contributed by atoms with van der Waals surface area (Å²) in [5, 5.41) is 12.3. The smallest absolute Gasteiger partial charge is 0.270 e. The molecule has 1 aliphatic rings. The lowest BCUT2D eigenvalue weighted by Gasteiger charge is -2.36. The van der Waals surface area contributed by atoms with Crippen LogP contribution in [0.15, 0.2) is 18.3 Å². The fraction of sp³-hybridized carbons (Fsp3) is 0.500. The van der Waals surface area contributed by atoms with Crippen molar-refractivity contribution in [1.29, 1.82) is 0 Å². The molecule has 6 nitrogen and oxygen atoms in total. The van der Waals surface area contributed by atoms with E-state index >= 15 is 0 Å². The minimum absolute atomic E-state index is 0.100. The Hall–Kier alpha value is -1.66. The Bertz CT molecular complexity index is 413. The van der Waals surface area contributed by atoms with Crippen molar-refractivity contribution in [2.45, 2.75) is 18.4 Å². The molecule has 2 heterocycles. The molecule has 98 valence electrons. The summed E-state index contributed by atoms with van der Waals surface area (Å²) >= 11 is 0. The Kier molecular flexibility index (Phi) is 3.78. The number of aliphatic hydroxyl groups is 1. The number of nitrogens with zero attached hydrogens (tertiary/aromatic N) is 1. The molecule has 18 heavy (non-hydrogen) atoms. The molecule has 4 N–H and O–H groups in total. The normalized spacial score (nSPS) is 18.3. The zero-order chi connectivity index (χ0) is 13.0. The molecular formula is C12H17N3O3. The minimum atomic E-state index is -0.599. The first-order chi connectivity index (χ1) is 8.65. The lowest BCUT2D eigenvalue weighted by atomic mass is 9.91. The molecule has 1 aromatic heterocycles. The molecular weight excluding hydrogens is 234 g/mol. The van der Waals surface area contributed by atoms with E-state index in [1.54, 1.807) is 12.1 Å². The molecule has 0 radical (unpaired) electrons. The van der Waals surface area contributed by atoms with Crippen LogP contribution in [0.2, 0.25) is 0 Å². The van der Waals surface area contributed by atoms with Gasteiger partial charge in [0.1, 0.15) is 5.69 Å². The third-order valence-electron chi connectivity index (χ3n) is 3.15. The number of carbonyl (C=O) groups is 1. The van der Waals surface area contributed by atoms with Crippen molar-refractivity contribution in [1.82, 2.24) is 10.3 Å². The number of hydrogen-bond acceptors (Lipinski definition) is 5. The van der Waals surface area contributed by atoms with Crippen molar-refractivity contribution >= 4 is 11.6 Å². The summed E-state index contributed by atoms with van der Waals surface area (Å²) in [6.45, 7) is 0.975. The highest BCUT2D eigenvalue weighted by Crippen LogP contribution is 2.20. The summed E-state index contributed by atoms with van der Waals surface area (Å²) in [5.41, 5.74) is 5.72. The fourth-order valence-electron chi connectivity index (χ4n) is 1.93. The van der Waals surface area contributed by atoms with Crippen LogP contribution in [0.25, 0.3) is 0 Å². The molecule has 0 aromatic carbocycles. The summed E-state index contributed by atoms with van der Waals surface area (Å²) in [7, 11) is 0. The molecule has 1 aliphatic heterocycles. The predicted molar refractivity (Wildman–Crippen MR) is 66.0 cm³/mol. The zero-order valence-electron chi connectivity index (χ0n) is 10.1. The van der Waals surface area contributed by atoms with Crippen molar-refractivity contribution in [2.75, 3.05) is 25.6 Å². The van der Waals surface area contributed by atoms with Gasteiger partial charge in [-0.1, -0.05) is 0 Å². The van der Waals surface area contributed by atoms with Crippen LogP contribution in [0, 0.1) is 0 Å². The number of amides is 1. The first-order valence-corrected chi connectivity index (χ1v) is 5.88. The van der Waals surface area contributed by atoms with Gasteiger partial charge in [-0.3, -0.25) is 4.79 Å². The number of aliphatic hydroxyl groups excluding tert-OH is 1. The third kappa shape index (κ3) is 2.77. The van der Waals surface area contributed by atoms with Crippen LogP contribution in [-0.2, 0) is 4.74 Å². The van der Waals surface area contributed by atoms with E-state index in [0.29, 0.717) is 37.4 Å². The number of hydrogen-bond donors (Lipinski definition) is 3. The maximum absolute atomic E-state index is 12.0. The van der Waals surface area contributed by atoms with Crippen molar-refractivity contribution in [3.05, 3.63) is 24.0 Å². The monoisotopic (exact) mass is 251 g/mol. The number of rotatable bonds is 3. The van der Waals surface area contributed by atoms with Crippen molar-refractivity contribution in [3.8, 4) is 0 Å². The maximum atomic E-state index is 12.0. The topological polar surface area (TPSA) is 97.5 Å². The number of aromatic nitrogens is 1. The first-order valence-electron chi connectivity index (χ1n) is 5.88.